The van der Waals surface area contributed by atoms with Gasteiger partial charge in [-0.3, -0.25) is 4.79 Å². The Morgan fingerprint density at radius 1 is 1.47 bits per heavy atom. The van der Waals surface area contributed by atoms with Crippen LogP contribution in [0.4, 0.5) is 0 Å². The first-order chi connectivity index (χ1) is 8.99. The summed E-state index contributed by atoms with van der Waals surface area (Å²) in [7, 11) is 2.12. The van der Waals surface area contributed by atoms with Gasteiger partial charge in [0.15, 0.2) is 0 Å². The number of halogens is 1. The molecule has 0 aliphatic carbocycles. The number of hydrogen-bond donors (Lipinski definition) is 2. The van der Waals surface area contributed by atoms with E-state index >= 15 is 0 Å². The van der Waals surface area contributed by atoms with E-state index in [4.69, 9.17) is 22.4 Å². The van der Waals surface area contributed by atoms with E-state index in [9.17, 15) is 4.79 Å². The van der Waals surface area contributed by atoms with Crippen molar-refractivity contribution in [2.75, 3.05) is 20.1 Å². The SMILES string of the molecule is CN1CCC(c2ccc(C(N)C(=O)O)cc2Cl)CC1. The van der Waals surface area contributed by atoms with Crippen molar-refractivity contribution >= 4 is 17.6 Å². The van der Waals surface area contributed by atoms with Crippen molar-refractivity contribution in [3.63, 3.8) is 0 Å². The fourth-order valence-electron chi connectivity index (χ4n) is 2.53. The number of carboxylic acid groups (broad SMARTS) is 1. The van der Waals surface area contributed by atoms with Crippen LogP contribution in [0.2, 0.25) is 5.02 Å². The van der Waals surface area contributed by atoms with E-state index in [1.54, 1.807) is 12.1 Å². The molecule has 5 heteroatoms. The quantitative estimate of drug-likeness (QED) is 0.892. The summed E-state index contributed by atoms with van der Waals surface area (Å²) < 4.78 is 0. The Balaban J connectivity index is 2.17. The molecule has 0 amide bonds. The fourth-order valence-corrected chi connectivity index (χ4v) is 2.87. The largest absolute Gasteiger partial charge is 0.480 e. The number of nitrogens with two attached hydrogens (primary N) is 1. The monoisotopic (exact) mass is 282 g/mol. The van der Waals surface area contributed by atoms with Gasteiger partial charge >= 0.3 is 5.97 Å². The third kappa shape index (κ3) is 3.26. The van der Waals surface area contributed by atoms with Crippen LogP contribution in [0.5, 0.6) is 0 Å². The molecule has 0 radical (unpaired) electrons. The summed E-state index contributed by atoms with van der Waals surface area (Å²) >= 11 is 6.29. The smallest absolute Gasteiger partial charge is 0.325 e. The number of likely N-dealkylation sites (tertiary alicyclic amines) is 1. The third-order valence-electron chi connectivity index (χ3n) is 3.81. The zero-order chi connectivity index (χ0) is 14.0. The summed E-state index contributed by atoms with van der Waals surface area (Å²) in [5.41, 5.74) is 7.25. The van der Waals surface area contributed by atoms with Gasteiger partial charge in [0.1, 0.15) is 6.04 Å². The molecule has 1 atom stereocenters. The predicted octanol–water partition coefficient (Wildman–Crippen LogP) is 2.23. The van der Waals surface area contributed by atoms with Crippen molar-refractivity contribution in [1.29, 1.82) is 0 Å². The molecule has 1 heterocycles. The Labute approximate surface area is 118 Å². The third-order valence-corrected chi connectivity index (χ3v) is 4.14. The van der Waals surface area contributed by atoms with Crippen molar-refractivity contribution in [2.24, 2.45) is 5.73 Å². The lowest BCUT2D eigenvalue weighted by Crippen LogP contribution is -2.29. The highest BCUT2D eigenvalue weighted by Crippen LogP contribution is 2.33. The molecule has 1 aliphatic heterocycles. The number of rotatable bonds is 3. The summed E-state index contributed by atoms with van der Waals surface area (Å²) in [5.74, 6) is -0.582. The Morgan fingerprint density at radius 3 is 2.63 bits per heavy atom. The van der Waals surface area contributed by atoms with Gasteiger partial charge in [0.05, 0.1) is 0 Å². The van der Waals surface area contributed by atoms with Gasteiger partial charge in [-0.25, -0.2) is 0 Å². The molecule has 1 fully saturated rings. The highest BCUT2D eigenvalue weighted by Gasteiger charge is 2.22. The van der Waals surface area contributed by atoms with Crippen LogP contribution in [0.15, 0.2) is 18.2 Å². The van der Waals surface area contributed by atoms with Gasteiger partial charge < -0.3 is 15.7 Å². The molecule has 4 nitrogen and oxygen atoms in total. The molecule has 1 aromatic carbocycles. The maximum atomic E-state index is 10.9. The van der Waals surface area contributed by atoms with E-state index in [1.165, 1.54) is 0 Å². The van der Waals surface area contributed by atoms with Crippen LogP contribution in [0.3, 0.4) is 0 Å². The van der Waals surface area contributed by atoms with E-state index < -0.39 is 12.0 Å². The highest BCUT2D eigenvalue weighted by molar-refractivity contribution is 6.31. The lowest BCUT2D eigenvalue weighted by atomic mass is 9.88. The summed E-state index contributed by atoms with van der Waals surface area (Å²) in [6.45, 7) is 2.13. The summed E-state index contributed by atoms with van der Waals surface area (Å²) in [6, 6.07) is 4.38. The minimum atomic E-state index is -1.04. The summed E-state index contributed by atoms with van der Waals surface area (Å²) in [6.07, 6.45) is 2.17. The van der Waals surface area contributed by atoms with Gasteiger partial charge in [-0.05, 0) is 56.1 Å². The van der Waals surface area contributed by atoms with Gasteiger partial charge in [-0.2, -0.15) is 0 Å². The predicted molar refractivity (Wildman–Crippen MR) is 75.5 cm³/mol. The Kier molecular flexibility index (Phi) is 4.45. The van der Waals surface area contributed by atoms with Crippen LogP contribution >= 0.6 is 11.6 Å². The molecule has 104 valence electrons. The van der Waals surface area contributed by atoms with Crippen LogP contribution < -0.4 is 5.73 Å². The lowest BCUT2D eigenvalue weighted by molar-refractivity contribution is -0.138. The molecule has 2 rings (SSSR count). The van der Waals surface area contributed by atoms with E-state index in [0.29, 0.717) is 16.5 Å². The van der Waals surface area contributed by atoms with Crippen molar-refractivity contribution in [3.05, 3.63) is 34.3 Å². The first-order valence-corrected chi connectivity index (χ1v) is 6.83. The van der Waals surface area contributed by atoms with Crippen LogP contribution in [-0.2, 0) is 4.79 Å². The number of nitrogens with zero attached hydrogens (tertiary/aromatic N) is 1. The van der Waals surface area contributed by atoms with E-state index in [0.717, 1.165) is 31.5 Å². The molecule has 1 aromatic rings. The molecule has 1 aliphatic rings. The summed E-state index contributed by atoms with van der Waals surface area (Å²) in [4.78, 5) is 13.2. The average molecular weight is 283 g/mol. The first kappa shape index (κ1) is 14.3. The van der Waals surface area contributed by atoms with E-state index in [2.05, 4.69) is 11.9 Å². The van der Waals surface area contributed by atoms with Crippen LogP contribution in [0, 0.1) is 0 Å². The van der Waals surface area contributed by atoms with Crippen LogP contribution in [-0.4, -0.2) is 36.1 Å². The second-order valence-electron chi connectivity index (χ2n) is 5.17. The normalized spacial score (nSPS) is 19.3. The molecule has 19 heavy (non-hydrogen) atoms. The van der Waals surface area contributed by atoms with E-state index in [-0.39, 0.29) is 0 Å². The molecule has 0 aromatic heterocycles. The molecule has 3 N–H and O–H groups in total. The molecular formula is C14H19ClN2O2. The minimum Gasteiger partial charge on any atom is -0.480 e. The number of piperidine rings is 1. The fraction of sp³-hybridized carbons (Fsp3) is 0.500. The van der Waals surface area contributed by atoms with Crippen molar-refractivity contribution in [1.82, 2.24) is 4.90 Å². The topological polar surface area (TPSA) is 66.6 Å². The van der Waals surface area contributed by atoms with Crippen LogP contribution in [0.25, 0.3) is 0 Å². The molecule has 0 spiro atoms. The number of carboxylic acids is 1. The number of benzene rings is 1. The van der Waals surface area contributed by atoms with Gasteiger partial charge in [0.25, 0.3) is 0 Å². The highest BCUT2D eigenvalue weighted by atomic mass is 35.5. The second-order valence-corrected chi connectivity index (χ2v) is 5.58. The number of carbonyl (C=O) groups is 1. The van der Waals surface area contributed by atoms with Crippen molar-refractivity contribution in [2.45, 2.75) is 24.8 Å². The van der Waals surface area contributed by atoms with Gasteiger partial charge in [0, 0.05) is 5.02 Å². The van der Waals surface area contributed by atoms with Gasteiger partial charge in [-0.1, -0.05) is 23.7 Å². The number of hydrogen-bond acceptors (Lipinski definition) is 3. The Bertz CT molecular complexity index is 471. The lowest BCUT2D eigenvalue weighted by Gasteiger charge is -2.29. The Hall–Kier alpha value is -1.10. The first-order valence-electron chi connectivity index (χ1n) is 6.45. The van der Waals surface area contributed by atoms with Gasteiger partial charge in [-0.15, -0.1) is 0 Å². The molecular weight excluding hydrogens is 264 g/mol. The molecule has 0 bridgehead atoms. The Morgan fingerprint density at radius 2 is 2.11 bits per heavy atom. The maximum Gasteiger partial charge on any atom is 0.325 e. The zero-order valence-corrected chi connectivity index (χ0v) is 11.7. The van der Waals surface area contributed by atoms with Crippen molar-refractivity contribution < 1.29 is 9.90 Å². The summed E-state index contributed by atoms with van der Waals surface area (Å²) in [5, 5.41) is 9.53. The van der Waals surface area contributed by atoms with Crippen molar-refractivity contribution in [3.8, 4) is 0 Å². The number of aliphatic carboxylic acids is 1. The second kappa shape index (κ2) is 5.90. The maximum absolute atomic E-state index is 10.9. The minimum absolute atomic E-state index is 0.457. The standard InChI is InChI=1S/C14H19ClN2O2/c1-17-6-4-9(5-7-17)11-3-2-10(8-12(11)15)13(16)14(18)19/h2-3,8-9,13H,4-7,16H2,1H3,(H,18,19). The molecule has 1 saturated heterocycles. The van der Waals surface area contributed by atoms with Gasteiger partial charge in [0.2, 0.25) is 0 Å². The zero-order valence-electron chi connectivity index (χ0n) is 11.0. The van der Waals surface area contributed by atoms with Crippen LogP contribution in [0.1, 0.15) is 35.9 Å². The average Bonchev–Trinajstić information content (AvgIpc) is 2.39. The molecule has 0 saturated carbocycles. The molecule has 1 unspecified atom stereocenters. The van der Waals surface area contributed by atoms with E-state index in [1.807, 2.05) is 6.07 Å².